The first-order valence-corrected chi connectivity index (χ1v) is 13.4. The van der Waals surface area contributed by atoms with Crippen molar-refractivity contribution in [2.75, 3.05) is 30.9 Å². The monoisotopic (exact) mass is 533 g/mol. The maximum Gasteiger partial charge on any atom is 0.272 e. The van der Waals surface area contributed by atoms with E-state index in [-0.39, 0.29) is 22.4 Å². The second-order valence-electron chi connectivity index (χ2n) is 8.91. The third kappa shape index (κ3) is 5.05. The molecule has 2 aromatic carbocycles. The van der Waals surface area contributed by atoms with Crippen LogP contribution in [0.1, 0.15) is 26.4 Å². The Bertz CT molecular complexity index is 1630. The lowest BCUT2D eigenvalue weighted by Crippen LogP contribution is -2.50. The molecule has 4 aromatic rings. The second-order valence-corrected chi connectivity index (χ2v) is 10.6. The highest BCUT2D eigenvalue weighted by molar-refractivity contribution is 7.93. The molecule has 9 nitrogen and oxygen atoms in total. The van der Waals surface area contributed by atoms with Crippen LogP contribution in [0, 0.1) is 12.7 Å². The topological polar surface area (TPSA) is 113 Å². The summed E-state index contributed by atoms with van der Waals surface area (Å²) in [7, 11) is -3.93. The molecule has 0 spiro atoms. The molecule has 2 aromatic heterocycles. The van der Waals surface area contributed by atoms with Crippen LogP contribution in [0.4, 0.5) is 10.1 Å². The first-order valence-electron chi connectivity index (χ1n) is 11.9. The lowest BCUT2D eigenvalue weighted by Gasteiger charge is -2.34. The standard InChI is InChI=1S/C27H24FN5O4S/c1-18-16-20(26(34)32-12-14-33(15-13-32)27(35)23-10-8-21(28)17-30-23)7-9-22(18)31-38(36,37)24-6-2-4-19-5-3-11-29-25(19)24/h2-11,16-17,31H,12-15H2,1H3. The molecule has 1 fully saturated rings. The van der Waals surface area contributed by atoms with E-state index in [2.05, 4.69) is 14.7 Å². The van der Waals surface area contributed by atoms with Crippen LogP contribution in [0.25, 0.3) is 10.9 Å². The molecule has 38 heavy (non-hydrogen) atoms. The van der Waals surface area contributed by atoms with Crippen LogP contribution in [-0.4, -0.2) is 66.2 Å². The molecule has 11 heteroatoms. The minimum absolute atomic E-state index is 0.0680. The van der Waals surface area contributed by atoms with Crippen molar-refractivity contribution >= 4 is 38.4 Å². The van der Waals surface area contributed by atoms with E-state index in [4.69, 9.17) is 0 Å². The van der Waals surface area contributed by atoms with Gasteiger partial charge in [-0.2, -0.15) is 0 Å². The Kier molecular flexibility index (Phi) is 6.77. The van der Waals surface area contributed by atoms with Gasteiger partial charge in [-0.1, -0.05) is 18.2 Å². The molecule has 0 saturated carbocycles. The molecule has 2 amide bonds. The predicted molar refractivity (Wildman–Crippen MR) is 140 cm³/mol. The first kappa shape index (κ1) is 25.3. The SMILES string of the molecule is Cc1cc(C(=O)N2CCN(C(=O)c3ccc(F)cn3)CC2)ccc1NS(=O)(=O)c1cccc2cccnc12. The zero-order valence-corrected chi connectivity index (χ0v) is 21.3. The largest absolute Gasteiger partial charge is 0.335 e. The number of pyridine rings is 2. The molecule has 1 aliphatic rings. The van der Waals surface area contributed by atoms with E-state index in [0.29, 0.717) is 53.9 Å². The number of nitrogens with one attached hydrogen (secondary N) is 1. The normalized spacial score (nSPS) is 13.9. The smallest absolute Gasteiger partial charge is 0.272 e. The third-order valence-corrected chi connectivity index (χ3v) is 7.80. The van der Waals surface area contributed by atoms with E-state index in [9.17, 15) is 22.4 Å². The van der Waals surface area contributed by atoms with Crippen molar-refractivity contribution < 1.29 is 22.4 Å². The summed E-state index contributed by atoms with van der Waals surface area (Å²) in [6.45, 7) is 3.02. The van der Waals surface area contributed by atoms with Crippen LogP contribution in [0.3, 0.4) is 0 Å². The van der Waals surface area contributed by atoms with E-state index in [1.807, 2.05) is 0 Å². The Morgan fingerprint density at radius 3 is 2.29 bits per heavy atom. The quantitative estimate of drug-likeness (QED) is 0.420. The predicted octanol–water partition coefficient (Wildman–Crippen LogP) is 3.48. The number of carbonyl (C=O) groups is 2. The number of halogens is 1. The first-order chi connectivity index (χ1) is 18.2. The average Bonchev–Trinajstić information content (AvgIpc) is 2.93. The van der Waals surface area contributed by atoms with Gasteiger partial charge in [0, 0.05) is 43.3 Å². The van der Waals surface area contributed by atoms with Gasteiger partial charge in [0.1, 0.15) is 16.4 Å². The van der Waals surface area contributed by atoms with Gasteiger partial charge in [-0.05, 0) is 55.0 Å². The number of amides is 2. The Balaban J connectivity index is 1.26. The molecule has 1 aliphatic heterocycles. The molecular weight excluding hydrogens is 509 g/mol. The number of benzene rings is 2. The highest BCUT2D eigenvalue weighted by Gasteiger charge is 2.27. The zero-order chi connectivity index (χ0) is 26.9. The van der Waals surface area contributed by atoms with Gasteiger partial charge in [0.15, 0.2) is 0 Å². The minimum Gasteiger partial charge on any atom is -0.335 e. The Morgan fingerprint density at radius 1 is 0.895 bits per heavy atom. The Hall–Kier alpha value is -4.38. The molecule has 0 aliphatic carbocycles. The van der Waals surface area contributed by atoms with Crippen molar-refractivity contribution in [3.8, 4) is 0 Å². The molecule has 5 rings (SSSR count). The van der Waals surface area contributed by atoms with Crippen molar-refractivity contribution in [3.63, 3.8) is 0 Å². The fourth-order valence-electron chi connectivity index (χ4n) is 4.36. The van der Waals surface area contributed by atoms with E-state index < -0.39 is 15.8 Å². The van der Waals surface area contributed by atoms with Gasteiger partial charge in [0.25, 0.3) is 21.8 Å². The van der Waals surface area contributed by atoms with Gasteiger partial charge in [-0.25, -0.2) is 17.8 Å². The number of aromatic nitrogens is 2. The Morgan fingerprint density at radius 2 is 1.61 bits per heavy atom. The molecule has 0 unspecified atom stereocenters. The van der Waals surface area contributed by atoms with Gasteiger partial charge >= 0.3 is 0 Å². The molecule has 0 radical (unpaired) electrons. The number of hydrogen-bond donors (Lipinski definition) is 1. The summed E-state index contributed by atoms with van der Waals surface area (Å²) in [6.07, 6.45) is 2.54. The summed E-state index contributed by atoms with van der Waals surface area (Å²) in [5, 5.41) is 0.712. The summed E-state index contributed by atoms with van der Waals surface area (Å²) in [6, 6.07) is 15.8. The molecule has 0 bridgehead atoms. The maximum atomic E-state index is 13.2. The van der Waals surface area contributed by atoms with Crippen molar-refractivity contribution in [2.45, 2.75) is 11.8 Å². The van der Waals surface area contributed by atoms with Crippen molar-refractivity contribution in [3.05, 3.63) is 95.7 Å². The number of rotatable bonds is 5. The Labute approximate surface area is 219 Å². The summed E-state index contributed by atoms with van der Waals surface area (Å²) in [5.41, 5.74) is 1.89. The molecule has 194 valence electrons. The van der Waals surface area contributed by atoms with Crippen molar-refractivity contribution in [2.24, 2.45) is 0 Å². The molecule has 1 saturated heterocycles. The number of carbonyl (C=O) groups excluding carboxylic acids is 2. The third-order valence-electron chi connectivity index (χ3n) is 6.40. The lowest BCUT2D eigenvalue weighted by molar-refractivity contribution is 0.0532. The number of sulfonamides is 1. The van der Waals surface area contributed by atoms with Gasteiger partial charge in [0.2, 0.25) is 0 Å². The number of para-hydroxylation sites is 1. The van der Waals surface area contributed by atoms with Crippen LogP contribution < -0.4 is 4.72 Å². The molecule has 0 atom stereocenters. The number of piperazine rings is 1. The number of aryl methyl sites for hydroxylation is 1. The number of anilines is 1. The second kappa shape index (κ2) is 10.2. The summed E-state index contributed by atoms with van der Waals surface area (Å²) in [5.74, 6) is -1.05. The molecule has 1 N–H and O–H groups in total. The van der Waals surface area contributed by atoms with Crippen LogP contribution >= 0.6 is 0 Å². The zero-order valence-electron chi connectivity index (χ0n) is 20.5. The fraction of sp³-hybridized carbons (Fsp3) is 0.185. The van der Waals surface area contributed by atoms with E-state index in [1.165, 1.54) is 18.2 Å². The van der Waals surface area contributed by atoms with E-state index in [1.54, 1.807) is 65.4 Å². The number of nitrogens with zero attached hydrogens (tertiary/aromatic N) is 4. The summed E-state index contributed by atoms with van der Waals surface area (Å²) < 4.78 is 42.0. The van der Waals surface area contributed by atoms with Crippen molar-refractivity contribution in [1.29, 1.82) is 0 Å². The van der Waals surface area contributed by atoms with Gasteiger partial charge < -0.3 is 9.80 Å². The molecule has 3 heterocycles. The van der Waals surface area contributed by atoms with E-state index in [0.717, 1.165) is 6.20 Å². The fourth-order valence-corrected chi connectivity index (χ4v) is 5.67. The van der Waals surface area contributed by atoms with Gasteiger partial charge in [-0.15, -0.1) is 0 Å². The summed E-state index contributed by atoms with van der Waals surface area (Å²) >= 11 is 0. The van der Waals surface area contributed by atoms with Crippen LogP contribution in [0.5, 0.6) is 0 Å². The van der Waals surface area contributed by atoms with Crippen molar-refractivity contribution in [1.82, 2.24) is 19.8 Å². The average molecular weight is 534 g/mol. The maximum absolute atomic E-state index is 13.2. The highest BCUT2D eigenvalue weighted by atomic mass is 32.2. The van der Waals surface area contributed by atoms with Crippen LogP contribution in [-0.2, 0) is 10.0 Å². The number of fused-ring (bicyclic) bond motifs is 1. The molecular formula is C27H24FN5O4S. The number of hydrogen-bond acceptors (Lipinski definition) is 6. The van der Waals surface area contributed by atoms with Gasteiger partial charge in [0.05, 0.1) is 17.4 Å². The van der Waals surface area contributed by atoms with Crippen LogP contribution in [0.2, 0.25) is 0 Å². The highest BCUT2D eigenvalue weighted by Crippen LogP contribution is 2.26. The van der Waals surface area contributed by atoms with Gasteiger partial charge in [-0.3, -0.25) is 19.3 Å². The van der Waals surface area contributed by atoms with Crippen LogP contribution in [0.15, 0.2) is 78.0 Å². The minimum atomic E-state index is -3.93. The summed E-state index contributed by atoms with van der Waals surface area (Å²) in [4.78, 5) is 37.1. The van der Waals surface area contributed by atoms with E-state index >= 15 is 0 Å². The lowest BCUT2D eigenvalue weighted by atomic mass is 10.1.